The van der Waals surface area contributed by atoms with E-state index in [2.05, 4.69) is 0 Å². The molecule has 0 aromatic rings. The largest absolute Gasteiger partial charge is 0.391 e. The minimum Gasteiger partial charge on any atom is -0.391 e. The van der Waals surface area contributed by atoms with Crippen LogP contribution < -0.4 is 0 Å². The standard InChI is InChI=1S/C4H8O6S2/c5-3-1-11(6,7)2-4(3)12(8,9)10/h3-5H,1-2H2,(H,8,9,10)/t3-,4+/m0/s1. The summed E-state index contributed by atoms with van der Waals surface area (Å²) in [6.45, 7) is 0. The zero-order valence-electron chi connectivity index (χ0n) is 5.91. The van der Waals surface area contributed by atoms with Gasteiger partial charge in [0.05, 0.1) is 17.6 Å². The van der Waals surface area contributed by atoms with Gasteiger partial charge in [0, 0.05) is 0 Å². The van der Waals surface area contributed by atoms with E-state index in [-0.39, 0.29) is 0 Å². The number of aliphatic hydroxyl groups excluding tert-OH is 1. The molecule has 1 saturated heterocycles. The van der Waals surface area contributed by atoms with Crippen LogP contribution in [-0.4, -0.2) is 49.4 Å². The van der Waals surface area contributed by atoms with Crippen LogP contribution in [-0.2, 0) is 20.0 Å². The SMILES string of the molecule is O=S1(=O)C[C@@H](S(=O)(=O)O)[C@@H](O)C1. The molecule has 0 saturated carbocycles. The molecule has 0 bridgehead atoms. The molecule has 2 N–H and O–H groups in total. The van der Waals surface area contributed by atoms with E-state index < -0.39 is 42.8 Å². The molecule has 0 unspecified atom stereocenters. The van der Waals surface area contributed by atoms with Crippen molar-refractivity contribution < 1.29 is 26.5 Å². The zero-order valence-corrected chi connectivity index (χ0v) is 7.55. The van der Waals surface area contributed by atoms with Crippen LogP contribution in [0, 0.1) is 0 Å². The number of rotatable bonds is 1. The van der Waals surface area contributed by atoms with Crippen molar-refractivity contribution in [3.05, 3.63) is 0 Å². The second-order valence-electron chi connectivity index (χ2n) is 2.70. The molecular weight excluding hydrogens is 208 g/mol. The van der Waals surface area contributed by atoms with Crippen molar-refractivity contribution in [2.24, 2.45) is 0 Å². The van der Waals surface area contributed by atoms with Gasteiger partial charge in [-0.3, -0.25) is 4.55 Å². The van der Waals surface area contributed by atoms with Crippen molar-refractivity contribution in [2.45, 2.75) is 11.4 Å². The molecule has 0 aliphatic carbocycles. The molecule has 0 radical (unpaired) electrons. The summed E-state index contributed by atoms with van der Waals surface area (Å²) < 4.78 is 50.9. The van der Waals surface area contributed by atoms with Gasteiger partial charge in [0.15, 0.2) is 9.84 Å². The van der Waals surface area contributed by atoms with Crippen LogP contribution in [0.3, 0.4) is 0 Å². The van der Waals surface area contributed by atoms with Crippen LogP contribution in [0.2, 0.25) is 0 Å². The van der Waals surface area contributed by atoms with E-state index in [1.165, 1.54) is 0 Å². The van der Waals surface area contributed by atoms with Crippen molar-refractivity contribution in [2.75, 3.05) is 11.5 Å². The van der Waals surface area contributed by atoms with E-state index in [4.69, 9.17) is 9.66 Å². The van der Waals surface area contributed by atoms with E-state index >= 15 is 0 Å². The lowest BCUT2D eigenvalue weighted by Crippen LogP contribution is -2.32. The predicted octanol–water partition coefficient (Wildman–Crippen LogP) is -1.97. The lowest BCUT2D eigenvalue weighted by molar-refractivity contribution is 0.200. The molecule has 12 heavy (non-hydrogen) atoms. The Labute approximate surface area is 69.9 Å². The molecule has 1 heterocycles. The number of aliphatic hydroxyl groups is 1. The Morgan fingerprint density at radius 2 is 1.75 bits per heavy atom. The summed E-state index contributed by atoms with van der Waals surface area (Å²) in [6, 6.07) is 0. The molecule has 1 aliphatic heterocycles. The third kappa shape index (κ3) is 1.94. The molecule has 1 rings (SSSR count). The molecule has 72 valence electrons. The highest BCUT2D eigenvalue weighted by atomic mass is 32.2. The van der Waals surface area contributed by atoms with Gasteiger partial charge in [-0.05, 0) is 0 Å². The average Bonchev–Trinajstić information content (AvgIpc) is 2.03. The molecule has 6 nitrogen and oxygen atoms in total. The fourth-order valence-electron chi connectivity index (χ4n) is 1.08. The third-order valence-electron chi connectivity index (χ3n) is 1.65. The first-order valence-corrected chi connectivity index (χ1v) is 6.39. The summed E-state index contributed by atoms with van der Waals surface area (Å²) in [7, 11) is -7.97. The monoisotopic (exact) mass is 216 g/mol. The Bertz CT molecular complexity index is 364. The minimum atomic E-state index is -4.45. The lowest BCUT2D eigenvalue weighted by atomic mass is 10.3. The minimum absolute atomic E-state index is 0.600. The maximum atomic E-state index is 10.8. The van der Waals surface area contributed by atoms with Crippen molar-refractivity contribution in [3.8, 4) is 0 Å². The van der Waals surface area contributed by atoms with Crippen LogP contribution >= 0.6 is 0 Å². The fourth-order valence-corrected chi connectivity index (χ4v) is 4.62. The summed E-state index contributed by atoms with van der Waals surface area (Å²) in [5.41, 5.74) is 0. The van der Waals surface area contributed by atoms with Gasteiger partial charge in [-0.15, -0.1) is 0 Å². The van der Waals surface area contributed by atoms with Gasteiger partial charge in [0.1, 0.15) is 5.25 Å². The number of hydrogen-bond acceptors (Lipinski definition) is 5. The predicted molar refractivity (Wildman–Crippen MR) is 40.0 cm³/mol. The van der Waals surface area contributed by atoms with Crippen LogP contribution in [0.25, 0.3) is 0 Å². The highest BCUT2D eigenvalue weighted by Gasteiger charge is 2.43. The van der Waals surface area contributed by atoms with Gasteiger partial charge >= 0.3 is 0 Å². The average molecular weight is 216 g/mol. The smallest absolute Gasteiger partial charge is 0.271 e. The Kier molecular flexibility index (Phi) is 2.19. The van der Waals surface area contributed by atoms with E-state index in [9.17, 15) is 16.8 Å². The van der Waals surface area contributed by atoms with Crippen LogP contribution in [0.1, 0.15) is 0 Å². The van der Waals surface area contributed by atoms with Crippen molar-refractivity contribution >= 4 is 20.0 Å². The Balaban J connectivity index is 3.01. The summed E-state index contributed by atoms with van der Waals surface area (Å²) in [5.74, 6) is -1.30. The third-order valence-corrected chi connectivity index (χ3v) is 4.83. The molecule has 1 aliphatic rings. The lowest BCUT2D eigenvalue weighted by Gasteiger charge is -2.06. The number of hydrogen-bond donors (Lipinski definition) is 2. The molecule has 0 aromatic carbocycles. The van der Waals surface area contributed by atoms with E-state index in [1.807, 2.05) is 0 Å². The van der Waals surface area contributed by atoms with Gasteiger partial charge < -0.3 is 5.11 Å². The highest BCUT2D eigenvalue weighted by Crippen LogP contribution is 2.18. The molecular formula is C4H8O6S2. The normalized spacial score (nSPS) is 35.2. The van der Waals surface area contributed by atoms with Crippen molar-refractivity contribution in [1.29, 1.82) is 0 Å². The van der Waals surface area contributed by atoms with Gasteiger partial charge in [-0.25, -0.2) is 8.42 Å². The molecule has 0 amide bonds. The first-order chi connectivity index (χ1) is 5.22. The van der Waals surface area contributed by atoms with Crippen molar-refractivity contribution in [3.63, 3.8) is 0 Å². The highest BCUT2D eigenvalue weighted by molar-refractivity contribution is 7.94. The molecule has 8 heteroatoms. The molecule has 0 spiro atoms. The second-order valence-corrected chi connectivity index (χ2v) is 6.49. The van der Waals surface area contributed by atoms with Crippen LogP contribution in [0.4, 0.5) is 0 Å². The Hall–Kier alpha value is -0.180. The second kappa shape index (κ2) is 2.66. The first-order valence-electron chi connectivity index (χ1n) is 3.07. The van der Waals surface area contributed by atoms with Crippen molar-refractivity contribution in [1.82, 2.24) is 0 Å². The molecule has 1 fully saturated rings. The first kappa shape index (κ1) is 9.90. The van der Waals surface area contributed by atoms with E-state index in [1.54, 1.807) is 0 Å². The summed E-state index contributed by atoms with van der Waals surface area (Å²) in [4.78, 5) is 0. The zero-order chi connectivity index (χ0) is 9.57. The van der Waals surface area contributed by atoms with Gasteiger partial charge in [-0.2, -0.15) is 8.42 Å². The quantitative estimate of drug-likeness (QED) is 0.492. The summed E-state index contributed by atoms with van der Waals surface area (Å²) in [6.07, 6.45) is -1.51. The summed E-state index contributed by atoms with van der Waals surface area (Å²) in [5, 5.41) is 7.36. The van der Waals surface area contributed by atoms with Crippen LogP contribution in [0.15, 0.2) is 0 Å². The van der Waals surface area contributed by atoms with Gasteiger partial charge in [0.2, 0.25) is 0 Å². The topological polar surface area (TPSA) is 109 Å². The van der Waals surface area contributed by atoms with Crippen LogP contribution in [0.5, 0.6) is 0 Å². The number of sulfone groups is 1. The maximum Gasteiger partial charge on any atom is 0.271 e. The van der Waals surface area contributed by atoms with Gasteiger partial charge in [-0.1, -0.05) is 0 Å². The fraction of sp³-hybridized carbons (Fsp3) is 1.00. The molecule has 0 aromatic heterocycles. The van der Waals surface area contributed by atoms with Gasteiger partial charge in [0.25, 0.3) is 10.1 Å². The van der Waals surface area contributed by atoms with E-state index in [0.717, 1.165) is 0 Å². The Morgan fingerprint density at radius 3 is 1.92 bits per heavy atom. The maximum absolute atomic E-state index is 10.8. The van der Waals surface area contributed by atoms with E-state index in [0.29, 0.717) is 0 Å². The Morgan fingerprint density at radius 1 is 1.25 bits per heavy atom. The summed E-state index contributed by atoms with van der Waals surface area (Å²) >= 11 is 0. The molecule has 2 atom stereocenters.